The summed E-state index contributed by atoms with van der Waals surface area (Å²) < 4.78 is 57.3. The maximum atomic E-state index is 13.0. The summed E-state index contributed by atoms with van der Waals surface area (Å²) in [7, 11) is -7.62. The second-order valence-electron chi connectivity index (χ2n) is 6.78. The zero-order valence-corrected chi connectivity index (χ0v) is 17.0. The summed E-state index contributed by atoms with van der Waals surface area (Å²) >= 11 is 0. The fourth-order valence-corrected chi connectivity index (χ4v) is 6.04. The molecule has 0 N–H and O–H groups in total. The second-order valence-corrected chi connectivity index (χ2v) is 10.3. The first-order chi connectivity index (χ1) is 12.7. The van der Waals surface area contributed by atoms with Crippen LogP contribution in [0.2, 0.25) is 0 Å². The van der Waals surface area contributed by atoms with Crippen molar-refractivity contribution >= 4 is 20.1 Å². The van der Waals surface area contributed by atoms with Gasteiger partial charge in [-0.25, -0.2) is 8.42 Å². The Morgan fingerprint density at radius 3 is 2.19 bits per heavy atom. The molecular formula is C19H23NO5S2. The van der Waals surface area contributed by atoms with Crippen LogP contribution in [0.25, 0.3) is 0 Å². The highest BCUT2D eigenvalue weighted by Crippen LogP contribution is 2.27. The lowest BCUT2D eigenvalue weighted by atomic mass is 10.2. The number of benzene rings is 2. The molecule has 0 aromatic heterocycles. The van der Waals surface area contributed by atoms with E-state index in [0.717, 1.165) is 11.1 Å². The molecule has 0 aliphatic carbocycles. The van der Waals surface area contributed by atoms with Crippen LogP contribution in [-0.2, 0) is 24.3 Å². The van der Waals surface area contributed by atoms with Crippen LogP contribution in [0.3, 0.4) is 0 Å². The highest BCUT2D eigenvalue weighted by Gasteiger charge is 2.36. The lowest BCUT2D eigenvalue weighted by Gasteiger charge is -2.24. The number of hydrogen-bond acceptors (Lipinski definition) is 5. The Hall–Kier alpha value is -1.74. The SMILES string of the molecule is Cc1cccc(S(=O)(=O)OC[C@H]2CCCN2S(=O)(=O)c2cccc(C)c2)c1. The van der Waals surface area contributed by atoms with Gasteiger partial charge in [0.05, 0.1) is 22.4 Å². The van der Waals surface area contributed by atoms with Crippen molar-refractivity contribution in [2.24, 2.45) is 0 Å². The Kier molecular flexibility index (Phi) is 5.71. The standard InChI is InChI=1S/C19H23NO5S2/c1-15-6-3-9-18(12-15)26(21,22)20-11-5-8-17(20)14-25-27(23,24)19-10-4-7-16(2)13-19/h3-4,6-7,9-10,12-13,17H,5,8,11,14H2,1-2H3/t17-/m1/s1. The molecule has 0 bridgehead atoms. The molecule has 2 aromatic rings. The molecule has 27 heavy (non-hydrogen) atoms. The van der Waals surface area contributed by atoms with Crippen LogP contribution in [0.15, 0.2) is 58.3 Å². The third-order valence-corrected chi connectivity index (χ3v) is 7.84. The van der Waals surface area contributed by atoms with Crippen molar-refractivity contribution in [1.82, 2.24) is 4.31 Å². The van der Waals surface area contributed by atoms with E-state index in [4.69, 9.17) is 4.18 Å². The first kappa shape index (κ1) is 20.0. The van der Waals surface area contributed by atoms with Gasteiger partial charge in [-0.1, -0.05) is 24.3 Å². The quantitative estimate of drug-likeness (QED) is 0.686. The smallest absolute Gasteiger partial charge is 0.265 e. The van der Waals surface area contributed by atoms with Gasteiger partial charge in [-0.2, -0.15) is 12.7 Å². The third-order valence-electron chi connectivity index (χ3n) is 4.61. The van der Waals surface area contributed by atoms with Gasteiger partial charge in [0.25, 0.3) is 10.1 Å². The molecule has 2 aromatic carbocycles. The van der Waals surface area contributed by atoms with Crippen LogP contribution in [0, 0.1) is 13.8 Å². The maximum absolute atomic E-state index is 13.0. The highest BCUT2D eigenvalue weighted by molar-refractivity contribution is 7.89. The minimum atomic E-state index is -3.93. The topological polar surface area (TPSA) is 80.8 Å². The van der Waals surface area contributed by atoms with Crippen LogP contribution in [0.5, 0.6) is 0 Å². The van der Waals surface area contributed by atoms with E-state index in [1.807, 2.05) is 13.0 Å². The largest absolute Gasteiger partial charge is 0.297 e. The highest BCUT2D eigenvalue weighted by atomic mass is 32.2. The van der Waals surface area contributed by atoms with E-state index in [1.165, 1.54) is 16.4 Å². The molecule has 0 saturated carbocycles. The average Bonchev–Trinajstić information content (AvgIpc) is 3.10. The Bertz CT molecular complexity index is 1030. The number of hydrogen-bond donors (Lipinski definition) is 0. The molecule has 1 heterocycles. The fourth-order valence-electron chi connectivity index (χ4n) is 3.21. The van der Waals surface area contributed by atoms with Gasteiger partial charge in [0.15, 0.2) is 0 Å². The molecule has 0 radical (unpaired) electrons. The monoisotopic (exact) mass is 409 g/mol. The molecule has 6 nitrogen and oxygen atoms in total. The van der Waals surface area contributed by atoms with Gasteiger partial charge in [-0.05, 0) is 62.1 Å². The van der Waals surface area contributed by atoms with Crippen molar-refractivity contribution in [3.63, 3.8) is 0 Å². The van der Waals surface area contributed by atoms with Gasteiger partial charge in [-0.3, -0.25) is 4.18 Å². The van der Waals surface area contributed by atoms with Crippen LogP contribution in [0.1, 0.15) is 24.0 Å². The van der Waals surface area contributed by atoms with Crippen LogP contribution in [-0.4, -0.2) is 40.3 Å². The predicted molar refractivity (Wildman–Crippen MR) is 102 cm³/mol. The van der Waals surface area contributed by atoms with Gasteiger partial charge in [0.2, 0.25) is 10.0 Å². The first-order valence-corrected chi connectivity index (χ1v) is 11.6. The van der Waals surface area contributed by atoms with Gasteiger partial charge in [0.1, 0.15) is 0 Å². The molecule has 1 atom stereocenters. The van der Waals surface area contributed by atoms with Gasteiger partial charge in [0, 0.05) is 6.54 Å². The van der Waals surface area contributed by atoms with Crippen molar-refractivity contribution < 1.29 is 21.0 Å². The van der Waals surface area contributed by atoms with E-state index in [2.05, 4.69) is 0 Å². The zero-order valence-electron chi connectivity index (χ0n) is 15.3. The van der Waals surface area contributed by atoms with E-state index in [-0.39, 0.29) is 16.4 Å². The number of rotatable bonds is 6. The molecule has 8 heteroatoms. The van der Waals surface area contributed by atoms with Crippen molar-refractivity contribution in [3.05, 3.63) is 59.7 Å². The number of sulfonamides is 1. The summed E-state index contributed by atoms with van der Waals surface area (Å²) in [6, 6.07) is 12.7. The molecule has 0 unspecified atom stereocenters. The molecule has 1 fully saturated rings. The number of aryl methyl sites for hydroxylation is 2. The summed E-state index contributed by atoms with van der Waals surface area (Å²) in [4.78, 5) is 0.296. The maximum Gasteiger partial charge on any atom is 0.297 e. The summed E-state index contributed by atoms with van der Waals surface area (Å²) in [5.41, 5.74) is 1.66. The lowest BCUT2D eigenvalue weighted by Crippen LogP contribution is -2.38. The van der Waals surface area contributed by atoms with Gasteiger partial charge < -0.3 is 0 Å². The average molecular weight is 410 g/mol. The molecule has 1 aliphatic rings. The minimum absolute atomic E-state index is 0.0774. The van der Waals surface area contributed by atoms with Crippen molar-refractivity contribution in [1.29, 1.82) is 0 Å². The Labute approximate surface area is 161 Å². The predicted octanol–water partition coefficient (Wildman–Crippen LogP) is 2.86. The van der Waals surface area contributed by atoms with Crippen LogP contribution < -0.4 is 0 Å². The normalized spacial score (nSPS) is 18.7. The van der Waals surface area contributed by atoms with Gasteiger partial charge >= 0.3 is 0 Å². The van der Waals surface area contributed by atoms with E-state index in [1.54, 1.807) is 37.3 Å². The summed E-state index contributed by atoms with van der Waals surface area (Å²) in [6.45, 7) is 3.79. The van der Waals surface area contributed by atoms with Crippen molar-refractivity contribution in [3.8, 4) is 0 Å². The molecule has 1 aliphatic heterocycles. The van der Waals surface area contributed by atoms with Crippen LogP contribution in [0.4, 0.5) is 0 Å². The Morgan fingerprint density at radius 2 is 1.56 bits per heavy atom. The third kappa shape index (κ3) is 4.40. The summed E-state index contributed by atoms with van der Waals surface area (Å²) in [5.74, 6) is 0. The van der Waals surface area contributed by atoms with Crippen molar-refractivity contribution in [2.75, 3.05) is 13.2 Å². The first-order valence-electron chi connectivity index (χ1n) is 8.75. The van der Waals surface area contributed by atoms with E-state index < -0.39 is 26.2 Å². The number of nitrogens with zero attached hydrogens (tertiary/aromatic N) is 1. The summed E-state index contributed by atoms with van der Waals surface area (Å²) in [6.07, 6.45) is 1.23. The van der Waals surface area contributed by atoms with Gasteiger partial charge in [-0.15, -0.1) is 0 Å². The zero-order chi connectivity index (χ0) is 19.7. The fraction of sp³-hybridized carbons (Fsp3) is 0.368. The Morgan fingerprint density at radius 1 is 0.963 bits per heavy atom. The molecule has 146 valence electrons. The second kappa shape index (κ2) is 7.71. The molecular weight excluding hydrogens is 386 g/mol. The lowest BCUT2D eigenvalue weighted by molar-refractivity contribution is 0.237. The molecule has 0 amide bonds. The molecule has 1 saturated heterocycles. The summed E-state index contributed by atoms with van der Waals surface area (Å²) in [5, 5.41) is 0. The molecule has 3 rings (SSSR count). The molecule has 0 spiro atoms. The Balaban J connectivity index is 1.77. The van der Waals surface area contributed by atoms with E-state index in [9.17, 15) is 16.8 Å². The van der Waals surface area contributed by atoms with Crippen LogP contribution >= 0.6 is 0 Å². The van der Waals surface area contributed by atoms with E-state index in [0.29, 0.717) is 19.4 Å². The minimum Gasteiger partial charge on any atom is -0.265 e. The van der Waals surface area contributed by atoms with Crippen molar-refractivity contribution in [2.45, 2.75) is 42.5 Å². The van der Waals surface area contributed by atoms with E-state index >= 15 is 0 Å².